The fourth-order valence-electron chi connectivity index (χ4n) is 2.30. The molecule has 2 aliphatic heterocycles. The molecule has 1 saturated heterocycles. The lowest BCUT2D eigenvalue weighted by molar-refractivity contribution is -0.134. The highest BCUT2D eigenvalue weighted by Gasteiger charge is 2.27. The number of nitrogens with zero attached hydrogens (tertiary/aromatic N) is 1. The minimum absolute atomic E-state index is 0.0709. The van der Waals surface area contributed by atoms with Gasteiger partial charge in [-0.25, -0.2) is 0 Å². The third kappa shape index (κ3) is 3.16. The smallest absolute Gasteiger partial charge is 0.292 e. The van der Waals surface area contributed by atoms with Gasteiger partial charge in [0.1, 0.15) is 19.5 Å². The van der Waals surface area contributed by atoms with E-state index in [9.17, 15) is 4.79 Å². The molecule has 102 valence electrons. The standard InChI is InChI=1S/C13H22N2O3/c1-10(2)15(8-11-4-3-5-14-11)13(16)12-9-17-6-7-18-12/h9-11,14H,3-8H2,1-2H3. The van der Waals surface area contributed by atoms with Crippen molar-refractivity contribution in [2.75, 3.05) is 26.3 Å². The van der Waals surface area contributed by atoms with Crippen LogP contribution in [0.2, 0.25) is 0 Å². The van der Waals surface area contributed by atoms with Crippen molar-refractivity contribution in [3.05, 3.63) is 12.0 Å². The third-order valence-corrected chi connectivity index (χ3v) is 3.32. The van der Waals surface area contributed by atoms with Crippen LogP contribution in [0.4, 0.5) is 0 Å². The maximum atomic E-state index is 12.4. The lowest BCUT2D eigenvalue weighted by Crippen LogP contribution is -2.46. The van der Waals surface area contributed by atoms with Crippen LogP contribution in [0.3, 0.4) is 0 Å². The zero-order valence-corrected chi connectivity index (χ0v) is 11.1. The molecule has 0 saturated carbocycles. The van der Waals surface area contributed by atoms with Crippen LogP contribution in [-0.4, -0.2) is 49.2 Å². The van der Waals surface area contributed by atoms with Gasteiger partial charge in [0.25, 0.3) is 5.91 Å². The first-order valence-corrected chi connectivity index (χ1v) is 6.67. The SMILES string of the molecule is CC(C)N(CC1CCCN1)C(=O)C1=COCCO1. The van der Waals surface area contributed by atoms with Gasteiger partial charge in [-0.2, -0.15) is 0 Å². The van der Waals surface area contributed by atoms with Crippen molar-refractivity contribution < 1.29 is 14.3 Å². The Balaban J connectivity index is 1.99. The van der Waals surface area contributed by atoms with Crippen LogP contribution in [0.1, 0.15) is 26.7 Å². The van der Waals surface area contributed by atoms with Crippen LogP contribution in [0, 0.1) is 0 Å². The van der Waals surface area contributed by atoms with Crippen LogP contribution in [0.25, 0.3) is 0 Å². The quantitative estimate of drug-likeness (QED) is 0.808. The molecule has 1 amide bonds. The fraction of sp³-hybridized carbons (Fsp3) is 0.769. The maximum Gasteiger partial charge on any atom is 0.292 e. The molecule has 1 fully saturated rings. The topological polar surface area (TPSA) is 50.8 Å². The van der Waals surface area contributed by atoms with Crippen molar-refractivity contribution in [3.63, 3.8) is 0 Å². The van der Waals surface area contributed by atoms with Crippen LogP contribution < -0.4 is 5.32 Å². The summed E-state index contributed by atoms with van der Waals surface area (Å²) in [5, 5.41) is 3.41. The molecule has 1 N–H and O–H groups in total. The van der Waals surface area contributed by atoms with Crippen LogP contribution in [0.15, 0.2) is 12.0 Å². The van der Waals surface area contributed by atoms with Gasteiger partial charge < -0.3 is 19.7 Å². The van der Waals surface area contributed by atoms with Crippen LogP contribution in [-0.2, 0) is 14.3 Å². The van der Waals surface area contributed by atoms with Gasteiger partial charge in [0.15, 0.2) is 0 Å². The lowest BCUT2D eigenvalue weighted by atomic mass is 10.2. The molecule has 0 aromatic heterocycles. The predicted molar refractivity (Wildman–Crippen MR) is 67.9 cm³/mol. The molecule has 2 heterocycles. The molecule has 0 aromatic rings. The Hall–Kier alpha value is -1.23. The summed E-state index contributed by atoms with van der Waals surface area (Å²) in [7, 11) is 0. The number of ether oxygens (including phenoxy) is 2. The molecule has 1 unspecified atom stereocenters. The van der Waals surface area contributed by atoms with E-state index in [1.165, 1.54) is 12.7 Å². The number of hydrogen-bond donors (Lipinski definition) is 1. The summed E-state index contributed by atoms with van der Waals surface area (Å²) in [5.41, 5.74) is 0. The molecule has 0 radical (unpaired) electrons. The number of hydrogen-bond acceptors (Lipinski definition) is 4. The maximum absolute atomic E-state index is 12.4. The normalized spacial score (nSPS) is 23.3. The molecule has 18 heavy (non-hydrogen) atoms. The van der Waals surface area contributed by atoms with E-state index in [0.29, 0.717) is 25.0 Å². The van der Waals surface area contributed by atoms with Gasteiger partial charge in [-0.15, -0.1) is 0 Å². The van der Waals surface area contributed by atoms with Gasteiger partial charge in [0, 0.05) is 18.6 Å². The highest BCUT2D eigenvalue weighted by atomic mass is 16.6. The molecule has 0 spiro atoms. The van der Waals surface area contributed by atoms with Gasteiger partial charge in [-0.05, 0) is 33.2 Å². The number of rotatable bonds is 4. The zero-order chi connectivity index (χ0) is 13.0. The Kier molecular flexibility index (Phi) is 4.47. The number of carbonyl (C=O) groups is 1. The molecule has 1 atom stereocenters. The van der Waals surface area contributed by atoms with Crippen molar-refractivity contribution in [2.45, 2.75) is 38.8 Å². The van der Waals surface area contributed by atoms with Gasteiger partial charge in [0.2, 0.25) is 5.76 Å². The molecule has 2 aliphatic rings. The number of nitrogens with one attached hydrogen (secondary N) is 1. The van der Waals surface area contributed by atoms with Crippen LogP contribution >= 0.6 is 0 Å². The second-order valence-corrected chi connectivity index (χ2v) is 5.05. The summed E-state index contributed by atoms with van der Waals surface area (Å²) >= 11 is 0. The predicted octanol–water partition coefficient (Wildman–Crippen LogP) is 0.864. The first-order valence-electron chi connectivity index (χ1n) is 6.67. The minimum atomic E-state index is -0.0709. The summed E-state index contributed by atoms with van der Waals surface area (Å²) in [5.74, 6) is 0.256. The van der Waals surface area contributed by atoms with Crippen molar-refractivity contribution in [3.8, 4) is 0 Å². The Labute approximate surface area is 108 Å². The summed E-state index contributed by atoms with van der Waals surface area (Å²) in [4.78, 5) is 14.2. The van der Waals surface area contributed by atoms with Gasteiger partial charge in [-0.3, -0.25) is 4.79 Å². The monoisotopic (exact) mass is 254 g/mol. The molecular weight excluding hydrogens is 232 g/mol. The first kappa shape index (κ1) is 13.2. The van der Waals surface area contributed by atoms with E-state index >= 15 is 0 Å². The second-order valence-electron chi connectivity index (χ2n) is 5.05. The van der Waals surface area contributed by atoms with Crippen molar-refractivity contribution in [1.29, 1.82) is 0 Å². The fourth-order valence-corrected chi connectivity index (χ4v) is 2.30. The summed E-state index contributed by atoms with van der Waals surface area (Å²) in [6, 6.07) is 0.563. The molecule has 2 rings (SSSR count). The molecule has 5 nitrogen and oxygen atoms in total. The van der Waals surface area contributed by atoms with Crippen molar-refractivity contribution in [2.24, 2.45) is 0 Å². The highest BCUT2D eigenvalue weighted by Crippen LogP contribution is 2.14. The van der Waals surface area contributed by atoms with E-state index < -0.39 is 0 Å². The average Bonchev–Trinajstić information content (AvgIpc) is 2.89. The minimum Gasteiger partial charge on any atom is -0.494 e. The summed E-state index contributed by atoms with van der Waals surface area (Å²) in [6.45, 7) is 6.80. The zero-order valence-electron chi connectivity index (χ0n) is 11.1. The highest BCUT2D eigenvalue weighted by molar-refractivity contribution is 5.91. The van der Waals surface area contributed by atoms with Gasteiger partial charge >= 0.3 is 0 Å². The number of carbonyl (C=O) groups excluding carboxylic acids is 1. The Morgan fingerprint density at radius 2 is 2.39 bits per heavy atom. The van der Waals surface area contributed by atoms with Gasteiger partial charge in [-0.1, -0.05) is 0 Å². The first-order chi connectivity index (χ1) is 8.68. The summed E-state index contributed by atoms with van der Waals surface area (Å²) in [6.07, 6.45) is 3.75. The van der Waals surface area contributed by atoms with E-state index in [4.69, 9.17) is 9.47 Å². The van der Waals surface area contributed by atoms with Crippen LogP contribution in [0.5, 0.6) is 0 Å². The second kappa shape index (κ2) is 6.09. The third-order valence-electron chi connectivity index (χ3n) is 3.32. The summed E-state index contributed by atoms with van der Waals surface area (Å²) < 4.78 is 10.5. The largest absolute Gasteiger partial charge is 0.494 e. The van der Waals surface area contributed by atoms with E-state index in [1.807, 2.05) is 18.7 Å². The molecule has 0 bridgehead atoms. The van der Waals surface area contributed by atoms with E-state index in [-0.39, 0.29) is 11.9 Å². The van der Waals surface area contributed by atoms with E-state index in [0.717, 1.165) is 19.5 Å². The average molecular weight is 254 g/mol. The van der Waals surface area contributed by atoms with E-state index in [2.05, 4.69) is 5.32 Å². The molecular formula is C13H22N2O3. The van der Waals surface area contributed by atoms with E-state index in [1.54, 1.807) is 0 Å². The van der Waals surface area contributed by atoms with Gasteiger partial charge in [0.05, 0.1) is 0 Å². The molecule has 0 aromatic carbocycles. The van der Waals surface area contributed by atoms with Crippen molar-refractivity contribution in [1.82, 2.24) is 10.2 Å². The molecule has 5 heteroatoms. The molecule has 0 aliphatic carbocycles. The lowest BCUT2D eigenvalue weighted by Gasteiger charge is -2.30. The number of amides is 1. The Bertz CT molecular complexity index is 322. The Morgan fingerprint density at radius 3 is 2.94 bits per heavy atom. The Morgan fingerprint density at radius 1 is 1.56 bits per heavy atom. The van der Waals surface area contributed by atoms with Crippen molar-refractivity contribution >= 4 is 5.91 Å².